The van der Waals surface area contributed by atoms with E-state index in [1.54, 1.807) is 0 Å². The number of hydrogen-bond donors (Lipinski definition) is 2. The molecule has 0 fully saturated rings. The van der Waals surface area contributed by atoms with Crippen molar-refractivity contribution in [1.82, 2.24) is 5.32 Å². The zero-order valence-electron chi connectivity index (χ0n) is 11.3. The predicted molar refractivity (Wildman–Crippen MR) is 73.1 cm³/mol. The topological polar surface area (TPSA) is 72.2 Å². The summed E-state index contributed by atoms with van der Waals surface area (Å²) in [4.78, 5) is 22.8. The van der Waals surface area contributed by atoms with E-state index in [1.165, 1.54) is 18.7 Å². The molecule has 0 bridgehead atoms. The lowest BCUT2D eigenvalue weighted by Crippen LogP contribution is -2.44. The van der Waals surface area contributed by atoms with Crippen molar-refractivity contribution in [2.24, 2.45) is 5.73 Å². The number of hydrogen-bond acceptors (Lipinski definition) is 4. The summed E-state index contributed by atoms with van der Waals surface area (Å²) in [5, 5.41) is 3.18. The molecule has 0 radical (unpaired) electrons. The van der Waals surface area contributed by atoms with Crippen LogP contribution in [0.15, 0.2) is 0 Å². The van der Waals surface area contributed by atoms with Crippen LogP contribution in [0.2, 0.25) is 0 Å². The maximum absolute atomic E-state index is 11.5. The van der Waals surface area contributed by atoms with Gasteiger partial charge in [-0.2, -0.15) is 0 Å². The lowest BCUT2D eigenvalue weighted by molar-refractivity contribution is -0.120. The number of Topliss-reactive ketones (excluding diaryl/α,β-unsaturated/α-hetero) is 1. The fourth-order valence-electron chi connectivity index (χ4n) is 1.54. The van der Waals surface area contributed by atoms with Crippen LogP contribution in [0.3, 0.4) is 0 Å². The second-order valence-electron chi connectivity index (χ2n) is 4.80. The second-order valence-corrected chi connectivity index (χ2v) is 6.58. The Morgan fingerprint density at radius 3 is 2.06 bits per heavy atom. The first-order chi connectivity index (χ1) is 7.73. The van der Waals surface area contributed by atoms with Gasteiger partial charge in [0, 0.05) is 6.04 Å². The Bertz CT molecular complexity index is 241. The van der Waals surface area contributed by atoms with Gasteiger partial charge in [-0.15, -0.1) is 11.8 Å². The number of amides is 1. The molecule has 0 aromatic carbocycles. The van der Waals surface area contributed by atoms with E-state index in [4.69, 9.17) is 5.73 Å². The molecule has 0 aromatic rings. The summed E-state index contributed by atoms with van der Waals surface area (Å²) >= 11 is 1.51. The van der Waals surface area contributed by atoms with Gasteiger partial charge in [0.1, 0.15) is 5.78 Å². The van der Waals surface area contributed by atoms with Gasteiger partial charge >= 0.3 is 0 Å². The van der Waals surface area contributed by atoms with Crippen LogP contribution in [0.25, 0.3) is 0 Å². The van der Waals surface area contributed by atoms with E-state index >= 15 is 0 Å². The first kappa shape index (κ1) is 16.4. The molecular formula is C12H24N2O2S. The highest BCUT2D eigenvalue weighted by atomic mass is 32.2. The Morgan fingerprint density at radius 1 is 1.24 bits per heavy atom. The van der Waals surface area contributed by atoms with Crippen molar-refractivity contribution in [1.29, 1.82) is 0 Å². The lowest BCUT2D eigenvalue weighted by Gasteiger charge is -2.23. The van der Waals surface area contributed by atoms with Crippen molar-refractivity contribution >= 4 is 23.5 Å². The van der Waals surface area contributed by atoms with Crippen molar-refractivity contribution in [2.75, 3.05) is 0 Å². The number of ketones is 1. The molecule has 0 spiro atoms. The highest BCUT2D eigenvalue weighted by molar-refractivity contribution is 8.01. The molecule has 1 amide bonds. The lowest BCUT2D eigenvalue weighted by atomic mass is 10.1. The molecule has 100 valence electrons. The predicted octanol–water partition coefficient (Wildman–Crippen LogP) is 1.33. The van der Waals surface area contributed by atoms with E-state index in [1.807, 2.05) is 27.7 Å². The molecule has 0 aliphatic heterocycles. The van der Waals surface area contributed by atoms with Crippen LogP contribution in [0.5, 0.6) is 0 Å². The van der Waals surface area contributed by atoms with Crippen LogP contribution in [0, 0.1) is 0 Å². The SMILES string of the molecule is CC(=O)C(CC(SC(C)C)C(N)=O)NC(C)C. The van der Waals surface area contributed by atoms with Gasteiger partial charge in [0.25, 0.3) is 0 Å². The average molecular weight is 260 g/mol. The zero-order valence-corrected chi connectivity index (χ0v) is 12.1. The summed E-state index contributed by atoms with van der Waals surface area (Å²) in [6.07, 6.45) is 0.464. The summed E-state index contributed by atoms with van der Waals surface area (Å²) in [5.41, 5.74) is 5.37. The maximum Gasteiger partial charge on any atom is 0.230 e. The number of primary amides is 1. The maximum atomic E-state index is 11.5. The van der Waals surface area contributed by atoms with Crippen molar-refractivity contribution in [3.63, 3.8) is 0 Å². The molecule has 0 aliphatic carbocycles. The molecule has 0 rings (SSSR count). The van der Waals surface area contributed by atoms with Gasteiger partial charge in [0.15, 0.2) is 0 Å². The molecule has 0 aromatic heterocycles. The van der Waals surface area contributed by atoms with Gasteiger partial charge in [-0.25, -0.2) is 0 Å². The Balaban J connectivity index is 4.56. The standard InChI is InChI=1S/C12H24N2O2S/c1-7(2)14-10(9(5)15)6-11(12(13)16)17-8(3)4/h7-8,10-11,14H,6H2,1-5H3,(H2,13,16). The molecule has 3 N–H and O–H groups in total. The van der Waals surface area contributed by atoms with E-state index in [0.717, 1.165) is 0 Å². The number of thioether (sulfide) groups is 1. The van der Waals surface area contributed by atoms with Gasteiger partial charge in [0.2, 0.25) is 5.91 Å². The van der Waals surface area contributed by atoms with Crippen LogP contribution < -0.4 is 11.1 Å². The third-order valence-electron chi connectivity index (χ3n) is 2.23. The second kappa shape index (κ2) is 7.71. The van der Waals surface area contributed by atoms with E-state index in [2.05, 4.69) is 5.32 Å². The van der Waals surface area contributed by atoms with Crippen LogP contribution >= 0.6 is 11.8 Å². The Hall–Kier alpha value is -0.550. The van der Waals surface area contributed by atoms with E-state index in [-0.39, 0.29) is 29.0 Å². The third kappa shape index (κ3) is 7.39. The van der Waals surface area contributed by atoms with Crippen LogP contribution in [0.4, 0.5) is 0 Å². The summed E-state index contributed by atoms with van der Waals surface area (Å²) in [7, 11) is 0. The molecule has 17 heavy (non-hydrogen) atoms. The summed E-state index contributed by atoms with van der Waals surface area (Å²) < 4.78 is 0. The smallest absolute Gasteiger partial charge is 0.230 e. The highest BCUT2D eigenvalue weighted by Gasteiger charge is 2.25. The number of rotatable bonds is 8. The van der Waals surface area contributed by atoms with Crippen LogP contribution in [-0.4, -0.2) is 34.3 Å². The molecular weight excluding hydrogens is 236 g/mol. The molecule has 0 saturated heterocycles. The quantitative estimate of drug-likeness (QED) is 0.690. The first-order valence-corrected chi connectivity index (χ1v) is 6.89. The number of carbonyl (C=O) groups is 2. The average Bonchev–Trinajstić information content (AvgIpc) is 2.13. The number of nitrogens with one attached hydrogen (secondary N) is 1. The van der Waals surface area contributed by atoms with Crippen LogP contribution in [0.1, 0.15) is 41.0 Å². The minimum Gasteiger partial charge on any atom is -0.369 e. The highest BCUT2D eigenvalue weighted by Crippen LogP contribution is 2.21. The Morgan fingerprint density at radius 2 is 1.76 bits per heavy atom. The third-order valence-corrected chi connectivity index (χ3v) is 3.53. The van der Waals surface area contributed by atoms with Crippen molar-refractivity contribution in [3.8, 4) is 0 Å². The zero-order chi connectivity index (χ0) is 13.6. The molecule has 2 unspecified atom stereocenters. The Labute approximate surface area is 108 Å². The fourth-order valence-corrected chi connectivity index (χ4v) is 2.63. The van der Waals surface area contributed by atoms with Gasteiger partial charge in [0.05, 0.1) is 11.3 Å². The van der Waals surface area contributed by atoms with Gasteiger partial charge in [-0.3, -0.25) is 9.59 Å². The fraction of sp³-hybridized carbons (Fsp3) is 0.833. The number of nitrogens with two attached hydrogens (primary N) is 1. The van der Waals surface area contributed by atoms with Gasteiger partial charge in [-0.1, -0.05) is 27.7 Å². The van der Waals surface area contributed by atoms with E-state index < -0.39 is 0 Å². The monoisotopic (exact) mass is 260 g/mol. The summed E-state index contributed by atoms with van der Waals surface area (Å²) in [5.74, 6) is -0.296. The molecule has 2 atom stereocenters. The first-order valence-electron chi connectivity index (χ1n) is 5.95. The molecule has 0 heterocycles. The van der Waals surface area contributed by atoms with Crippen molar-refractivity contribution in [2.45, 2.75) is 63.6 Å². The molecule has 5 heteroatoms. The van der Waals surface area contributed by atoms with E-state index in [9.17, 15) is 9.59 Å². The summed E-state index contributed by atoms with van der Waals surface area (Å²) in [6, 6.07) is -0.0831. The minimum atomic E-state index is -0.347. The largest absolute Gasteiger partial charge is 0.369 e. The molecule has 0 saturated carbocycles. The number of carbonyl (C=O) groups excluding carboxylic acids is 2. The van der Waals surface area contributed by atoms with Gasteiger partial charge in [-0.05, 0) is 18.6 Å². The van der Waals surface area contributed by atoms with E-state index in [0.29, 0.717) is 11.7 Å². The van der Waals surface area contributed by atoms with Crippen molar-refractivity contribution in [3.05, 3.63) is 0 Å². The van der Waals surface area contributed by atoms with Crippen molar-refractivity contribution < 1.29 is 9.59 Å². The van der Waals surface area contributed by atoms with Crippen LogP contribution in [-0.2, 0) is 9.59 Å². The molecule has 4 nitrogen and oxygen atoms in total. The van der Waals surface area contributed by atoms with Gasteiger partial charge < -0.3 is 11.1 Å². The molecule has 0 aliphatic rings. The Kier molecular flexibility index (Phi) is 7.46. The summed E-state index contributed by atoms with van der Waals surface area (Å²) in [6.45, 7) is 9.52. The normalized spacial score (nSPS) is 15.0. The minimum absolute atomic E-state index is 0.0503.